The lowest BCUT2D eigenvalue weighted by Crippen LogP contribution is -2.48. The number of aryl methyl sites for hydroxylation is 2. The van der Waals surface area contributed by atoms with Crippen LogP contribution < -0.4 is 9.47 Å². The molecule has 156 valence electrons. The molecule has 2 aliphatic rings. The van der Waals surface area contributed by atoms with E-state index in [-0.39, 0.29) is 11.5 Å². The number of ether oxygens (including phenoxy) is 3. The van der Waals surface area contributed by atoms with Crippen LogP contribution in [-0.2, 0) is 28.0 Å². The Labute approximate surface area is 175 Å². The maximum absolute atomic E-state index is 12.7. The van der Waals surface area contributed by atoms with Gasteiger partial charge in [-0.05, 0) is 55.9 Å². The predicted molar refractivity (Wildman–Crippen MR) is 112 cm³/mol. The Bertz CT molecular complexity index is 887. The SMILES string of the molecule is COc1cc2c(cc1OC)C1(CCN(C(=O)CCc3csc(C)n3)CC1)OCC2. The summed E-state index contributed by atoms with van der Waals surface area (Å²) in [6, 6.07) is 4.14. The number of hydrogen-bond donors (Lipinski definition) is 0. The first-order valence-electron chi connectivity index (χ1n) is 10.1. The molecule has 7 heteroatoms. The topological polar surface area (TPSA) is 60.9 Å². The molecule has 29 heavy (non-hydrogen) atoms. The molecule has 3 heterocycles. The lowest BCUT2D eigenvalue weighted by atomic mass is 9.79. The molecule has 0 unspecified atom stereocenters. The zero-order valence-electron chi connectivity index (χ0n) is 17.3. The largest absolute Gasteiger partial charge is 0.493 e. The van der Waals surface area contributed by atoms with Crippen molar-refractivity contribution < 1.29 is 19.0 Å². The van der Waals surface area contributed by atoms with Crippen molar-refractivity contribution in [3.63, 3.8) is 0 Å². The van der Waals surface area contributed by atoms with E-state index in [4.69, 9.17) is 14.2 Å². The van der Waals surface area contributed by atoms with Crippen LogP contribution in [0.2, 0.25) is 0 Å². The number of piperidine rings is 1. The molecule has 1 saturated heterocycles. The number of carbonyl (C=O) groups excluding carboxylic acids is 1. The highest BCUT2D eigenvalue weighted by atomic mass is 32.1. The summed E-state index contributed by atoms with van der Waals surface area (Å²) >= 11 is 1.63. The lowest BCUT2D eigenvalue weighted by molar-refractivity contribution is -0.140. The second-order valence-electron chi connectivity index (χ2n) is 7.70. The molecule has 0 saturated carbocycles. The van der Waals surface area contributed by atoms with Crippen molar-refractivity contribution in [3.8, 4) is 11.5 Å². The van der Waals surface area contributed by atoms with Gasteiger partial charge >= 0.3 is 0 Å². The average Bonchev–Trinajstić information content (AvgIpc) is 3.17. The van der Waals surface area contributed by atoms with Crippen LogP contribution in [0.1, 0.15) is 41.1 Å². The van der Waals surface area contributed by atoms with Crippen LogP contribution in [0.5, 0.6) is 11.5 Å². The molecule has 1 aromatic heterocycles. The van der Waals surface area contributed by atoms with E-state index in [1.54, 1.807) is 25.6 Å². The van der Waals surface area contributed by atoms with Crippen LogP contribution in [0, 0.1) is 6.92 Å². The van der Waals surface area contributed by atoms with Crippen molar-refractivity contribution in [2.45, 2.75) is 44.6 Å². The number of carbonyl (C=O) groups is 1. The van der Waals surface area contributed by atoms with Crippen LogP contribution in [0.4, 0.5) is 0 Å². The monoisotopic (exact) mass is 416 g/mol. The smallest absolute Gasteiger partial charge is 0.222 e. The fourth-order valence-corrected chi connectivity index (χ4v) is 5.08. The van der Waals surface area contributed by atoms with Gasteiger partial charge in [0.15, 0.2) is 11.5 Å². The number of hydrogen-bond acceptors (Lipinski definition) is 6. The highest BCUT2D eigenvalue weighted by Gasteiger charge is 2.42. The summed E-state index contributed by atoms with van der Waals surface area (Å²) in [5.74, 6) is 1.69. The number of nitrogens with zero attached hydrogens (tertiary/aromatic N) is 2. The summed E-state index contributed by atoms with van der Waals surface area (Å²) in [7, 11) is 3.32. The number of likely N-dealkylation sites (tertiary alicyclic amines) is 1. The Hall–Kier alpha value is -2.12. The van der Waals surface area contributed by atoms with E-state index in [9.17, 15) is 4.79 Å². The van der Waals surface area contributed by atoms with Gasteiger partial charge in [-0.2, -0.15) is 0 Å². The molecule has 1 fully saturated rings. The number of amides is 1. The molecule has 0 N–H and O–H groups in total. The Morgan fingerprint density at radius 3 is 2.62 bits per heavy atom. The quantitative estimate of drug-likeness (QED) is 0.747. The molecule has 1 spiro atoms. The minimum Gasteiger partial charge on any atom is -0.493 e. The standard InChI is InChI=1S/C22H28N2O4S/c1-15-23-17(14-29-15)4-5-21(25)24-9-7-22(8-10-24)18-13-20(27-3)19(26-2)12-16(18)6-11-28-22/h12-14H,4-11H2,1-3H3. The predicted octanol–water partition coefficient (Wildman–Crippen LogP) is 3.49. The van der Waals surface area contributed by atoms with Crippen molar-refractivity contribution >= 4 is 17.2 Å². The third-order valence-electron chi connectivity index (χ3n) is 6.04. The first-order valence-corrected chi connectivity index (χ1v) is 11.0. The summed E-state index contributed by atoms with van der Waals surface area (Å²) in [5.41, 5.74) is 3.12. The van der Waals surface area contributed by atoms with Crippen molar-refractivity contribution in [1.29, 1.82) is 0 Å². The summed E-state index contributed by atoms with van der Waals surface area (Å²) in [5, 5.41) is 3.09. The summed E-state index contributed by atoms with van der Waals surface area (Å²) in [4.78, 5) is 19.1. The molecule has 2 aromatic rings. The van der Waals surface area contributed by atoms with E-state index in [1.165, 1.54) is 11.1 Å². The third kappa shape index (κ3) is 3.98. The fraction of sp³-hybridized carbons (Fsp3) is 0.545. The van der Waals surface area contributed by atoms with E-state index >= 15 is 0 Å². The highest BCUT2D eigenvalue weighted by Crippen LogP contribution is 2.45. The summed E-state index contributed by atoms with van der Waals surface area (Å²) < 4.78 is 17.3. The van der Waals surface area contributed by atoms with E-state index < -0.39 is 0 Å². The summed E-state index contributed by atoms with van der Waals surface area (Å²) in [6.07, 6.45) is 3.70. The first kappa shape index (κ1) is 20.2. The average molecular weight is 417 g/mol. The first-order chi connectivity index (χ1) is 14.0. The number of thiazole rings is 1. The van der Waals surface area contributed by atoms with Crippen LogP contribution in [0.25, 0.3) is 0 Å². The number of rotatable bonds is 5. The van der Waals surface area contributed by atoms with Crippen molar-refractivity contribution in [1.82, 2.24) is 9.88 Å². The number of methoxy groups -OCH3 is 2. The van der Waals surface area contributed by atoms with Crippen LogP contribution in [0.3, 0.4) is 0 Å². The number of aromatic nitrogens is 1. The molecular formula is C22H28N2O4S. The Morgan fingerprint density at radius 1 is 1.24 bits per heavy atom. The van der Waals surface area contributed by atoms with Crippen molar-refractivity contribution in [2.24, 2.45) is 0 Å². The molecular weight excluding hydrogens is 388 g/mol. The maximum Gasteiger partial charge on any atom is 0.222 e. The van der Waals surface area contributed by atoms with Crippen LogP contribution in [-0.4, -0.2) is 49.7 Å². The van der Waals surface area contributed by atoms with Crippen molar-refractivity contribution in [2.75, 3.05) is 33.9 Å². The highest BCUT2D eigenvalue weighted by molar-refractivity contribution is 7.09. The van der Waals surface area contributed by atoms with Gasteiger partial charge in [-0.25, -0.2) is 4.98 Å². The van der Waals surface area contributed by atoms with Crippen molar-refractivity contribution in [3.05, 3.63) is 39.3 Å². The Morgan fingerprint density at radius 2 is 1.97 bits per heavy atom. The maximum atomic E-state index is 12.7. The molecule has 1 aromatic carbocycles. The number of benzene rings is 1. The van der Waals surface area contributed by atoms with E-state index in [0.717, 1.165) is 41.5 Å². The molecule has 2 aliphatic heterocycles. The van der Waals surface area contributed by atoms with Gasteiger partial charge in [-0.1, -0.05) is 0 Å². The Kier molecular flexibility index (Phi) is 5.79. The lowest BCUT2D eigenvalue weighted by Gasteiger charge is -2.45. The molecule has 4 rings (SSSR count). The normalized spacial score (nSPS) is 17.8. The molecule has 0 bridgehead atoms. The van der Waals surface area contributed by atoms with E-state index in [0.29, 0.717) is 32.5 Å². The van der Waals surface area contributed by atoms with Crippen LogP contribution >= 0.6 is 11.3 Å². The minimum atomic E-state index is -0.337. The zero-order chi connectivity index (χ0) is 20.4. The summed E-state index contributed by atoms with van der Waals surface area (Å²) in [6.45, 7) is 4.11. The van der Waals surface area contributed by atoms with Gasteiger partial charge in [-0.15, -0.1) is 11.3 Å². The van der Waals surface area contributed by atoms with Crippen LogP contribution in [0.15, 0.2) is 17.5 Å². The number of fused-ring (bicyclic) bond motifs is 2. The third-order valence-corrected chi connectivity index (χ3v) is 6.86. The Balaban J connectivity index is 1.44. The van der Waals surface area contributed by atoms with Gasteiger partial charge in [0.2, 0.25) is 5.91 Å². The fourth-order valence-electron chi connectivity index (χ4n) is 4.43. The molecule has 1 amide bonds. The van der Waals surface area contributed by atoms with Gasteiger partial charge in [0, 0.05) is 24.9 Å². The molecule has 0 radical (unpaired) electrons. The second kappa shape index (κ2) is 8.32. The van der Waals surface area contributed by atoms with Gasteiger partial charge in [-0.3, -0.25) is 4.79 Å². The van der Waals surface area contributed by atoms with Gasteiger partial charge < -0.3 is 19.1 Å². The second-order valence-corrected chi connectivity index (χ2v) is 8.76. The molecule has 6 nitrogen and oxygen atoms in total. The van der Waals surface area contributed by atoms with Gasteiger partial charge in [0.1, 0.15) is 0 Å². The zero-order valence-corrected chi connectivity index (χ0v) is 18.1. The van der Waals surface area contributed by atoms with E-state index in [1.807, 2.05) is 17.2 Å². The van der Waals surface area contributed by atoms with Gasteiger partial charge in [0.25, 0.3) is 0 Å². The molecule has 0 atom stereocenters. The van der Waals surface area contributed by atoms with E-state index in [2.05, 4.69) is 17.1 Å². The van der Waals surface area contributed by atoms with Gasteiger partial charge in [0.05, 0.1) is 37.1 Å². The molecule has 0 aliphatic carbocycles. The minimum absolute atomic E-state index is 0.203.